The molecule has 1 aromatic carbocycles. The molecule has 60 valence electrons. The van der Waals surface area contributed by atoms with Gasteiger partial charge in [-0.2, -0.15) is 5.26 Å². The van der Waals surface area contributed by atoms with Crippen molar-refractivity contribution in [3.8, 4) is 6.07 Å². The number of benzene rings is 1. The lowest BCUT2D eigenvalue weighted by Crippen LogP contribution is -1.90. The van der Waals surface area contributed by atoms with E-state index < -0.39 is 0 Å². The molecular weight excluding hydrogens is 146 g/mol. The molecule has 0 atom stereocenters. The van der Waals surface area contributed by atoms with E-state index in [0.29, 0.717) is 0 Å². The van der Waals surface area contributed by atoms with Gasteiger partial charge in [-0.1, -0.05) is 37.8 Å². The maximum absolute atomic E-state index is 8.86. The molecule has 0 heterocycles. The van der Waals surface area contributed by atoms with Crippen LogP contribution < -0.4 is 0 Å². The van der Waals surface area contributed by atoms with Gasteiger partial charge in [-0.3, -0.25) is 0 Å². The Labute approximate surface area is 73.0 Å². The van der Waals surface area contributed by atoms with Crippen molar-refractivity contribution < 1.29 is 0 Å². The number of hydrogen-bond donors (Lipinski definition) is 0. The van der Waals surface area contributed by atoms with Gasteiger partial charge in [0, 0.05) is 0 Å². The fourth-order valence-electron chi connectivity index (χ4n) is 1.22. The third-order valence-corrected chi connectivity index (χ3v) is 1.90. The van der Waals surface area contributed by atoms with Crippen molar-refractivity contribution in [3.05, 3.63) is 41.5 Å². The van der Waals surface area contributed by atoms with E-state index in [-0.39, 0.29) is 0 Å². The van der Waals surface area contributed by atoms with E-state index in [2.05, 4.69) is 12.6 Å². The Morgan fingerprint density at radius 3 is 2.83 bits per heavy atom. The molecule has 0 N–H and O–H groups in total. The summed E-state index contributed by atoms with van der Waals surface area (Å²) >= 11 is 0. The Bertz CT molecular complexity index is 331. The van der Waals surface area contributed by atoms with Crippen LogP contribution in [0.2, 0.25) is 0 Å². The average molecular weight is 157 g/mol. The highest BCUT2D eigenvalue weighted by atomic mass is 14.2. The first-order chi connectivity index (χ1) is 5.83. The minimum atomic E-state index is 0.759. The van der Waals surface area contributed by atoms with Crippen LogP contribution in [0.4, 0.5) is 0 Å². The van der Waals surface area contributed by atoms with Crippen molar-refractivity contribution in [1.29, 1.82) is 5.26 Å². The molecule has 0 spiro atoms. The van der Waals surface area contributed by atoms with Crippen molar-refractivity contribution in [2.75, 3.05) is 0 Å². The van der Waals surface area contributed by atoms with E-state index in [1.54, 1.807) is 6.08 Å². The van der Waals surface area contributed by atoms with E-state index in [1.165, 1.54) is 0 Å². The van der Waals surface area contributed by atoms with Gasteiger partial charge >= 0.3 is 0 Å². The summed E-state index contributed by atoms with van der Waals surface area (Å²) in [6, 6.07) is 8.04. The molecule has 0 amide bonds. The molecule has 0 bridgehead atoms. The molecule has 1 nitrogen and oxygen atoms in total. The molecule has 0 aliphatic carbocycles. The number of hydrogen-bond acceptors (Lipinski definition) is 1. The quantitative estimate of drug-likeness (QED) is 0.647. The van der Waals surface area contributed by atoms with Crippen LogP contribution in [0.25, 0.3) is 6.08 Å². The second-order valence-electron chi connectivity index (χ2n) is 2.55. The highest BCUT2D eigenvalue weighted by Gasteiger charge is 2.02. The molecule has 1 aromatic rings. The van der Waals surface area contributed by atoms with E-state index >= 15 is 0 Å². The summed E-state index contributed by atoms with van der Waals surface area (Å²) in [4.78, 5) is 0. The first-order valence-corrected chi connectivity index (χ1v) is 3.98. The van der Waals surface area contributed by atoms with Gasteiger partial charge in [-0.15, -0.1) is 0 Å². The highest BCUT2D eigenvalue weighted by molar-refractivity contribution is 5.59. The van der Waals surface area contributed by atoms with Gasteiger partial charge in [0.05, 0.1) is 5.56 Å². The fourth-order valence-corrected chi connectivity index (χ4v) is 1.22. The first kappa shape index (κ1) is 8.55. The Hall–Kier alpha value is -1.55. The smallest absolute Gasteiger partial charge is 0.100 e. The Morgan fingerprint density at radius 1 is 1.58 bits per heavy atom. The monoisotopic (exact) mass is 157 g/mol. The average Bonchev–Trinajstić information content (AvgIpc) is 2.16. The maximum atomic E-state index is 8.86. The molecule has 0 saturated heterocycles. The van der Waals surface area contributed by atoms with Gasteiger partial charge in [0.25, 0.3) is 0 Å². The Balaban J connectivity index is 3.34. The molecule has 0 radical (unpaired) electrons. The number of nitrogens with zero attached hydrogens (tertiary/aromatic N) is 1. The van der Waals surface area contributed by atoms with Crippen molar-refractivity contribution in [2.45, 2.75) is 13.3 Å². The molecule has 0 saturated carbocycles. The summed E-state index contributed by atoms with van der Waals surface area (Å²) in [5, 5.41) is 8.86. The molecule has 0 aromatic heterocycles. The Kier molecular flexibility index (Phi) is 2.66. The lowest BCUT2D eigenvalue weighted by atomic mass is 10.0. The zero-order valence-corrected chi connectivity index (χ0v) is 7.17. The lowest BCUT2D eigenvalue weighted by Gasteiger charge is -2.02. The van der Waals surface area contributed by atoms with Crippen LogP contribution in [0.15, 0.2) is 24.8 Å². The van der Waals surface area contributed by atoms with Gasteiger partial charge in [0.2, 0.25) is 0 Å². The zero-order valence-electron chi connectivity index (χ0n) is 7.17. The minimum Gasteiger partial charge on any atom is -0.192 e. The van der Waals surface area contributed by atoms with Crippen LogP contribution in [0.5, 0.6) is 0 Å². The van der Waals surface area contributed by atoms with Crippen molar-refractivity contribution in [3.63, 3.8) is 0 Å². The summed E-state index contributed by atoms with van der Waals surface area (Å²) in [6.45, 7) is 5.71. The van der Waals surface area contributed by atoms with Gasteiger partial charge < -0.3 is 0 Å². The maximum Gasteiger partial charge on any atom is 0.100 e. The number of aryl methyl sites for hydroxylation is 1. The summed E-state index contributed by atoms with van der Waals surface area (Å²) in [5.74, 6) is 0. The van der Waals surface area contributed by atoms with Crippen molar-refractivity contribution >= 4 is 6.08 Å². The molecule has 12 heavy (non-hydrogen) atoms. The summed E-state index contributed by atoms with van der Waals surface area (Å²) in [6.07, 6.45) is 2.61. The van der Waals surface area contributed by atoms with Crippen LogP contribution in [-0.4, -0.2) is 0 Å². The zero-order chi connectivity index (χ0) is 8.97. The molecule has 1 rings (SSSR count). The predicted octanol–water partition coefficient (Wildman–Crippen LogP) is 2.76. The first-order valence-electron chi connectivity index (χ1n) is 3.98. The standard InChI is InChI=1S/C11H11N/c1-3-9-6-5-7-10(4-2)11(9)8-12/h3,5-7H,1,4H2,2H3. The molecule has 0 fully saturated rings. The minimum absolute atomic E-state index is 0.759. The molecule has 0 unspecified atom stereocenters. The van der Waals surface area contributed by atoms with E-state index in [4.69, 9.17) is 5.26 Å². The summed E-state index contributed by atoms with van der Waals surface area (Å²) < 4.78 is 0. The third kappa shape index (κ3) is 1.38. The number of rotatable bonds is 2. The highest BCUT2D eigenvalue weighted by Crippen LogP contribution is 2.15. The second kappa shape index (κ2) is 3.73. The SMILES string of the molecule is C=Cc1cccc(CC)c1C#N. The van der Waals surface area contributed by atoms with Gasteiger partial charge in [0.15, 0.2) is 0 Å². The number of nitriles is 1. The van der Waals surface area contributed by atoms with Crippen LogP contribution in [0.1, 0.15) is 23.6 Å². The predicted molar refractivity (Wildman–Crippen MR) is 50.6 cm³/mol. The van der Waals surface area contributed by atoms with Gasteiger partial charge in [-0.25, -0.2) is 0 Å². The van der Waals surface area contributed by atoms with E-state index in [1.807, 2.05) is 25.1 Å². The Morgan fingerprint density at radius 2 is 2.33 bits per heavy atom. The molecule has 0 aliphatic rings. The van der Waals surface area contributed by atoms with E-state index in [9.17, 15) is 0 Å². The van der Waals surface area contributed by atoms with Crippen molar-refractivity contribution in [1.82, 2.24) is 0 Å². The summed E-state index contributed by atoms with van der Waals surface area (Å²) in [7, 11) is 0. The third-order valence-electron chi connectivity index (χ3n) is 1.90. The molecular formula is C11H11N. The van der Waals surface area contributed by atoms with Crippen LogP contribution >= 0.6 is 0 Å². The lowest BCUT2D eigenvalue weighted by molar-refractivity contribution is 1.13. The topological polar surface area (TPSA) is 23.8 Å². The fraction of sp³-hybridized carbons (Fsp3) is 0.182. The van der Waals surface area contributed by atoms with E-state index in [0.717, 1.165) is 23.1 Å². The normalized spacial score (nSPS) is 9.00. The van der Waals surface area contributed by atoms with Gasteiger partial charge in [-0.05, 0) is 17.5 Å². The van der Waals surface area contributed by atoms with Crippen LogP contribution in [0, 0.1) is 11.3 Å². The van der Waals surface area contributed by atoms with Crippen molar-refractivity contribution in [2.24, 2.45) is 0 Å². The van der Waals surface area contributed by atoms with Crippen LogP contribution in [-0.2, 0) is 6.42 Å². The van der Waals surface area contributed by atoms with Gasteiger partial charge in [0.1, 0.15) is 6.07 Å². The summed E-state index contributed by atoms with van der Waals surface area (Å²) in [5.41, 5.74) is 2.78. The molecule has 0 aliphatic heterocycles. The van der Waals surface area contributed by atoms with Crippen LogP contribution in [0.3, 0.4) is 0 Å². The second-order valence-corrected chi connectivity index (χ2v) is 2.55. The largest absolute Gasteiger partial charge is 0.192 e. The molecule has 1 heteroatoms.